The average molecular weight is 240 g/mol. The summed E-state index contributed by atoms with van der Waals surface area (Å²) in [5.74, 6) is -1.67. The molecular weight excluding hydrogens is 220 g/mol. The van der Waals surface area contributed by atoms with Gasteiger partial charge in [0, 0.05) is 33.5 Å². The molecule has 0 spiro atoms. The zero-order chi connectivity index (χ0) is 13.6. The molecule has 0 rings (SSSR count). The molecule has 0 heterocycles. The van der Waals surface area contributed by atoms with E-state index in [1.807, 2.05) is 12.4 Å². The van der Waals surface area contributed by atoms with E-state index in [1.54, 1.807) is 0 Å². The molecule has 0 atom stereocenters. The summed E-state index contributed by atoms with van der Waals surface area (Å²) in [6, 6.07) is 0. The zero-order valence-corrected chi connectivity index (χ0v) is 9.67. The van der Waals surface area contributed by atoms with Crippen molar-refractivity contribution in [2.45, 2.75) is 20.8 Å². The number of hydrogen-bond donors (Lipinski definition) is 5. The largest absolute Gasteiger partial charge is 0.481 e. The van der Waals surface area contributed by atoms with E-state index in [9.17, 15) is 0 Å². The lowest BCUT2D eigenvalue weighted by atomic mass is 10.6. The highest BCUT2D eigenvalue weighted by molar-refractivity contribution is 5.63. The minimum absolute atomic E-state index is 0.393. The molecule has 0 radical (unpaired) electrons. The Kier molecular flexibility index (Phi) is 20.5. The maximum atomic E-state index is 9.00. The number of likely N-dealkylation sites (N-methyl/N-ethyl adjacent to an activating group) is 1. The van der Waals surface area contributed by atoms with Crippen LogP contribution in [0, 0.1) is 0 Å². The molecule has 0 bridgehead atoms. The number of hydrogen-bond acceptors (Lipinski definition) is 6. The molecule has 5 N–H and O–H groups in total. The summed E-state index contributed by atoms with van der Waals surface area (Å²) in [4.78, 5) is 18.0. The van der Waals surface area contributed by atoms with Crippen LogP contribution in [0.5, 0.6) is 0 Å². The lowest BCUT2D eigenvalue weighted by Crippen LogP contribution is -2.27. The van der Waals surface area contributed by atoms with E-state index in [1.165, 1.54) is 0 Å². The van der Waals surface area contributed by atoms with Crippen molar-refractivity contribution in [1.29, 1.82) is 0 Å². The Bertz CT molecular complexity index is 156. The number of hydroxylamine groups is 3. The Morgan fingerprint density at radius 1 is 1.19 bits per heavy atom. The first-order chi connectivity index (χ1) is 7.27. The summed E-state index contributed by atoms with van der Waals surface area (Å²) < 4.78 is 0. The van der Waals surface area contributed by atoms with Gasteiger partial charge in [0.1, 0.15) is 0 Å². The monoisotopic (exact) mass is 240 g/mol. The van der Waals surface area contributed by atoms with Crippen LogP contribution in [0.4, 0.5) is 0 Å². The molecule has 0 amide bonds. The Hall–Kier alpha value is -1.22. The second kappa shape index (κ2) is 16.2. The summed E-state index contributed by atoms with van der Waals surface area (Å²) in [5.41, 5.74) is 1.93. The van der Waals surface area contributed by atoms with Crippen LogP contribution in [0.1, 0.15) is 20.8 Å². The highest BCUT2D eigenvalue weighted by atomic mass is 16.5. The third-order valence-electron chi connectivity index (χ3n) is 0.847. The van der Waals surface area contributed by atoms with Gasteiger partial charge in [0.05, 0.1) is 0 Å². The summed E-state index contributed by atoms with van der Waals surface area (Å²) in [7, 11) is 0. The highest BCUT2D eigenvalue weighted by Crippen LogP contribution is 1.74. The lowest BCUT2D eigenvalue weighted by Gasteiger charge is -2.09. The van der Waals surface area contributed by atoms with Crippen molar-refractivity contribution in [1.82, 2.24) is 10.5 Å². The number of nitrogens with zero attached hydrogens (tertiary/aromatic N) is 1. The van der Waals surface area contributed by atoms with Gasteiger partial charge in [-0.05, 0) is 0 Å². The van der Waals surface area contributed by atoms with E-state index in [-0.39, 0.29) is 0 Å². The minimum Gasteiger partial charge on any atom is -0.481 e. The van der Waals surface area contributed by atoms with E-state index in [0.717, 1.165) is 18.9 Å². The molecule has 8 nitrogen and oxygen atoms in total. The molecule has 0 aromatic carbocycles. The summed E-state index contributed by atoms with van der Waals surface area (Å²) in [5, 5.41) is 32.6. The minimum atomic E-state index is -0.833. The normalized spacial score (nSPS) is 8.38. The molecule has 0 aliphatic heterocycles. The lowest BCUT2D eigenvalue weighted by molar-refractivity contribution is -0.135. The molecule has 16 heavy (non-hydrogen) atoms. The van der Waals surface area contributed by atoms with E-state index in [2.05, 4.69) is 0 Å². The summed E-state index contributed by atoms with van der Waals surface area (Å²) >= 11 is 0. The molecule has 0 saturated heterocycles. The van der Waals surface area contributed by atoms with E-state index in [0.29, 0.717) is 19.6 Å². The third-order valence-corrected chi connectivity index (χ3v) is 0.847. The molecule has 0 unspecified atom stereocenters. The predicted molar refractivity (Wildman–Crippen MR) is 55.4 cm³/mol. The molecule has 0 saturated carbocycles. The van der Waals surface area contributed by atoms with Gasteiger partial charge in [-0.1, -0.05) is 6.92 Å². The Balaban J connectivity index is -0.000000179. The van der Waals surface area contributed by atoms with Gasteiger partial charge in [0.2, 0.25) is 0 Å². The number of carboxylic acid groups (broad SMARTS) is 2. The molecule has 0 aromatic heterocycles. The van der Waals surface area contributed by atoms with Crippen LogP contribution in [0.2, 0.25) is 0 Å². The van der Waals surface area contributed by atoms with E-state index >= 15 is 0 Å². The molecule has 98 valence electrons. The highest BCUT2D eigenvalue weighted by Gasteiger charge is 1.91. The van der Waals surface area contributed by atoms with Gasteiger partial charge in [-0.25, -0.2) is 5.48 Å². The van der Waals surface area contributed by atoms with Crippen LogP contribution in [0.15, 0.2) is 0 Å². The fraction of sp³-hybridized carbons (Fsp3) is 0.750. The van der Waals surface area contributed by atoms with Gasteiger partial charge in [0.15, 0.2) is 0 Å². The fourth-order valence-corrected chi connectivity index (χ4v) is 0.337. The van der Waals surface area contributed by atoms with Crippen molar-refractivity contribution in [2.24, 2.45) is 0 Å². The van der Waals surface area contributed by atoms with Gasteiger partial charge < -0.3 is 20.6 Å². The SMILES string of the molecule is CC(=O)O.CC(=O)O.CCN(O)CCNO. The van der Waals surface area contributed by atoms with E-state index < -0.39 is 11.9 Å². The topological polar surface area (TPSA) is 130 Å². The number of aliphatic carboxylic acids is 2. The molecular formula is C8H20N2O6. The Labute approximate surface area is 94.0 Å². The molecule has 0 aliphatic carbocycles. The summed E-state index contributed by atoms with van der Waals surface area (Å²) in [6.45, 7) is 5.43. The molecule has 0 fully saturated rings. The van der Waals surface area contributed by atoms with Gasteiger partial charge in [0.25, 0.3) is 11.9 Å². The first-order valence-corrected chi connectivity index (χ1v) is 4.47. The van der Waals surface area contributed by atoms with Crippen LogP contribution in [0.3, 0.4) is 0 Å². The first-order valence-electron chi connectivity index (χ1n) is 4.47. The summed E-state index contributed by atoms with van der Waals surface area (Å²) in [6.07, 6.45) is 0. The van der Waals surface area contributed by atoms with Gasteiger partial charge in [-0.3, -0.25) is 9.59 Å². The standard InChI is InChI=1S/C4H12N2O2.2C2H4O2/c1-2-6(8)4-3-5-7;2*1-2(3)4/h5,7-8H,2-4H2,1H3;2*1H3,(H,3,4). The van der Waals surface area contributed by atoms with Crippen molar-refractivity contribution >= 4 is 11.9 Å². The fourth-order valence-electron chi connectivity index (χ4n) is 0.337. The van der Waals surface area contributed by atoms with Crippen LogP contribution in [-0.4, -0.2) is 57.3 Å². The van der Waals surface area contributed by atoms with Crippen molar-refractivity contribution in [3.8, 4) is 0 Å². The molecule has 0 aliphatic rings. The number of rotatable bonds is 4. The van der Waals surface area contributed by atoms with Crippen LogP contribution in [-0.2, 0) is 9.59 Å². The smallest absolute Gasteiger partial charge is 0.300 e. The number of carboxylic acids is 2. The van der Waals surface area contributed by atoms with Gasteiger partial charge in [-0.2, -0.15) is 5.06 Å². The molecule has 0 aromatic rings. The Morgan fingerprint density at radius 2 is 1.50 bits per heavy atom. The van der Waals surface area contributed by atoms with Crippen molar-refractivity contribution < 1.29 is 30.2 Å². The third kappa shape index (κ3) is 77.6. The Morgan fingerprint density at radius 3 is 1.69 bits per heavy atom. The quantitative estimate of drug-likeness (QED) is 0.429. The van der Waals surface area contributed by atoms with Gasteiger partial charge >= 0.3 is 0 Å². The second-order valence-electron chi connectivity index (χ2n) is 2.49. The van der Waals surface area contributed by atoms with Crippen molar-refractivity contribution in [3.63, 3.8) is 0 Å². The van der Waals surface area contributed by atoms with E-state index in [4.69, 9.17) is 30.2 Å². The van der Waals surface area contributed by atoms with Crippen molar-refractivity contribution in [3.05, 3.63) is 0 Å². The first kappa shape index (κ1) is 20.2. The maximum Gasteiger partial charge on any atom is 0.300 e. The number of carbonyl (C=O) groups is 2. The van der Waals surface area contributed by atoms with Crippen LogP contribution in [0.25, 0.3) is 0 Å². The second-order valence-corrected chi connectivity index (χ2v) is 2.49. The van der Waals surface area contributed by atoms with Crippen LogP contribution >= 0.6 is 0 Å². The number of nitrogens with one attached hydrogen (secondary N) is 1. The predicted octanol–water partition coefficient (Wildman–Crippen LogP) is -0.142. The maximum absolute atomic E-state index is 9.00. The molecule has 8 heteroatoms. The van der Waals surface area contributed by atoms with Crippen LogP contribution < -0.4 is 5.48 Å². The average Bonchev–Trinajstić information content (AvgIpc) is 2.12. The zero-order valence-electron chi connectivity index (χ0n) is 9.67. The van der Waals surface area contributed by atoms with Gasteiger partial charge in [-0.15, -0.1) is 0 Å². The van der Waals surface area contributed by atoms with Crippen molar-refractivity contribution in [2.75, 3.05) is 19.6 Å².